The van der Waals surface area contributed by atoms with Gasteiger partial charge in [-0.1, -0.05) is 0 Å². The van der Waals surface area contributed by atoms with Crippen molar-refractivity contribution >= 4 is 23.8 Å². The number of alkyl carbamates (subject to hydrolysis) is 1. The van der Waals surface area contributed by atoms with Crippen molar-refractivity contribution in [2.45, 2.75) is 57.8 Å². The molecule has 122 valence electrons. The van der Waals surface area contributed by atoms with Crippen LogP contribution < -0.4 is 5.32 Å². The lowest BCUT2D eigenvalue weighted by Crippen LogP contribution is -2.45. The summed E-state index contributed by atoms with van der Waals surface area (Å²) in [5.74, 6) is -0.00766. The molecule has 1 rings (SSSR count). The molecule has 0 bridgehead atoms. The second-order valence-electron chi connectivity index (χ2n) is 6.06. The zero-order valence-electron chi connectivity index (χ0n) is 12.9. The summed E-state index contributed by atoms with van der Waals surface area (Å²) in [6.45, 7) is 5.98. The third-order valence-electron chi connectivity index (χ3n) is 2.85. The Morgan fingerprint density at radius 2 is 2.14 bits per heavy atom. The number of thioether (sulfide) groups is 1. The largest absolute Gasteiger partial charge is 0.480 e. The highest BCUT2D eigenvalue weighted by atomic mass is 32.2. The van der Waals surface area contributed by atoms with Gasteiger partial charge in [0.1, 0.15) is 11.6 Å². The van der Waals surface area contributed by atoms with Crippen molar-refractivity contribution < 1.29 is 24.2 Å². The van der Waals surface area contributed by atoms with Crippen LogP contribution in [-0.4, -0.2) is 53.0 Å². The van der Waals surface area contributed by atoms with Crippen molar-refractivity contribution in [1.82, 2.24) is 5.32 Å². The van der Waals surface area contributed by atoms with Gasteiger partial charge in [0.05, 0.1) is 6.10 Å². The second-order valence-corrected chi connectivity index (χ2v) is 7.14. The van der Waals surface area contributed by atoms with E-state index in [1.165, 1.54) is 11.8 Å². The number of carbonyl (C=O) groups is 2. The molecule has 0 aromatic heterocycles. The van der Waals surface area contributed by atoms with Crippen molar-refractivity contribution in [2.24, 2.45) is 0 Å². The molecule has 2 unspecified atom stereocenters. The van der Waals surface area contributed by atoms with Crippen molar-refractivity contribution in [1.29, 1.82) is 0 Å². The zero-order chi connectivity index (χ0) is 15.9. The van der Waals surface area contributed by atoms with Crippen LogP contribution in [0, 0.1) is 0 Å². The number of hydrogen-bond acceptors (Lipinski definition) is 5. The number of nitrogens with one attached hydrogen (secondary N) is 1. The summed E-state index contributed by atoms with van der Waals surface area (Å²) in [5, 5.41) is 11.5. The Bertz CT molecular complexity index is 350. The number of carboxylic acids is 1. The lowest BCUT2D eigenvalue weighted by Gasteiger charge is -2.24. The van der Waals surface area contributed by atoms with Crippen molar-refractivity contribution in [2.75, 3.05) is 18.1 Å². The Kier molecular flexibility index (Phi) is 7.31. The van der Waals surface area contributed by atoms with E-state index in [1.54, 1.807) is 20.8 Å². The third-order valence-corrected chi connectivity index (χ3v) is 4.03. The lowest BCUT2D eigenvalue weighted by molar-refractivity contribution is -0.138. The average Bonchev–Trinajstić information content (AvgIpc) is 2.36. The predicted octanol–water partition coefficient (Wildman–Crippen LogP) is 2.27. The minimum Gasteiger partial charge on any atom is -0.480 e. The van der Waals surface area contributed by atoms with Crippen LogP contribution in [0.15, 0.2) is 0 Å². The van der Waals surface area contributed by atoms with Gasteiger partial charge in [0.25, 0.3) is 0 Å². The monoisotopic (exact) mass is 319 g/mol. The molecule has 7 heteroatoms. The highest BCUT2D eigenvalue weighted by Gasteiger charge is 2.24. The van der Waals surface area contributed by atoms with Crippen LogP contribution in [0.25, 0.3) is 0 Å². The maximum absolute atomic E-state index is 11.6. The molecule has 2 N–H and O–H groups in total. The van der Waals surface area contributed by atoms with Gasteiger partial charge in [-0.2, -0.15) is 11.8 Å². The predicted molar refractivity (Wildman–Crippen MR) is 81.7 cm³/mol. The Hall–Kier alpha value is -0.950. The summed E-state index contributed by atoms with van der Waals surface area (Å²) >= 11 is 1.48. The van der Waals surface area contributed by atoms with E-state index in [0.717, 1.165) is 31.6 Å². The molecular weight excluding hydrogens is 294 g/mol. The molecule has 0 aromatic carbocycles. The molecule has 1 fully saturated rings. The van der Waals surface area contributed by atoms with Crippen molar-refractivity contribution in [3.63, 3.8) is 0 Å². The SMILES string of the molecule is CC(C)(C)OC(=O)NC(CSCC1CCCCO1)C(=O)O. The van der Waals surface area contributed by atoms with Gasteiger partial charge in [-0.15, -0.1) is 0 Å². The standard InChI is InChI=1S/C14H25NO5S/c1-14(2,3)20-13(18)15-11(12(16)17)9-21-8-10-6-4-5-7-19-10/h10-11H,4-9H2,1-3H3,(H,15,18)(H,16,17). The van der Waals surface area contributed by atoms with Crippen LogP contribution in [-0.2, 0) is 14.3 Å². The first-order valence-corrected chi connectivity index (χ1v) is 8.35. The number of hydrogen-bond donors (Lipinski definition) is 2. The Balaban J connectivity index is 2.32. The smallest absolute Gasteiger partial charge is 0.408 e. The van der Waals surface area contributed by atoms with Gasteiger partial charge in [-0.25, -0.2) is 9.59 Å². The van der Waals surface area contributed by atoms with E-state index < -0.39 is 23.7 Å². The molecule has 1 amide bonds. The summed E-state index contributed by atoms with van der Waals surface area (Å²) in [6, 6.07) is -0.951. The molecule has 0 radical (unpaired) electrons. The van der Waals surface area contributed by atoms with Crippen LogP contribution in [0.4, 0.5) is 4.79 Å². The van der Waals surface area contributed by atoms with Gasteiger partial charge in [0.15, 0.2) is 0 Å². The summed E-state index contributed by atoms with van der Waals surface area (Å²) in [7, 11) is 0. The van der Waals surface area contributed by atoms with Crippen LogP contribution in [0.5, 0.6) is 0 Å². The van der Waals surface area contributed by atoms with Crippen molar-refractivity contribution in [3.8, 4) is 0 Å². The molecule has 0 aliphatic carbocycles. The fourth-order valence-electron chi connectivity index (χ4n) is 1.88. The second kappa shape index (κ2) is 8.48. The maximum Gasteiger partial charge on any atom is 0.408 e. The molecule has 2 atom stereocenters. The fraction of sp³-hybridized carbons (Fsp3) is 0.857. The van der Waals surface area contributed by atoms with E-state index >= 15 is 0 Å². The zero-order valence-corrected chi connectivity index (χ0v) is 13.7. The van der Waals surface area contributed by atoms with Gasteiger partial charge in [-0.3, -0.25) is 0 Å². The number of aliphatic carboxylic acids is 1. The molecule has 1 aliphatic rings. The van der Waals surface area contributed by atoms with Crippen LogP contribution in [0.3, 0.4) is 0 Å². The highest BCUT2D eigenvalue weighted by molar-refractivity contribution is 7.99. The van der Waals surface area contributed by atoms with Crippen molar-refractivity contribution in [3.05, 3.63) is 0 Å². The Morgan fingerprint density at radius 1 is 1.43 bits per heavy atom. The number of carboxylic acid groups (broad SMARTS) is 1. The number of ether oxygens (including phenoxy) is 2. The summed E-state index contributed by atoms with van der Waals surface area (Å²) in [4.78, 5) is 22.8. The first-order chi connectivity index (χ1) is 9.78. The molecule has 0 saturated carbocycles. The third kappa shape index (κ3) is 8.16. The molecule has 1 aliphatic heterocycles. The van der Waals surface area contributed by atoms with Crippen LogP contribution in [0.1, 0.15) is 40.0 Å². The minimum absolute atomic E-state index is 0.194. The fourth-order valence-corrected chi connectivity index (χ4v) is 3.00. The molecule has 0 aromatic rings. The normalized spacial score (nSPS) is 20.6. The molecule has 1 heterocycles. The molecule has 6 nitrogen and oxygen atoms in total. The summed E-state index contributed by atoms with van der Waals surface area (Å²) in [6.07, 6.45) is 2.76. The molecule has 1 saturated heterocycles. The quantitative estimate of drug-likeness (QED) is 0.781. The van der Waals surface area contributed by atoms with E-state index in [4.69, 9.17) is 14.6 Å². The van der Waals surface area contributed by atoms with Gasteiger partial charge in [0, 0.05) is 18.1 Å². The van der Waals surface area contributed by atoms with Gasteiger partial charge < -0.3 is 19.9 Å². The highest BCUT2D eigenvalue weighted by Crippen LogP contribution is 2.18. The first-order valence-electron chi connectivity index (χ1n) is 7.19. The van der Waals surface area contributed by atoms with E-state index in [0.29, 0.717) is 5.75 Å². The Labute approximate surface area is 129 Å². The first kappa shape index (κ1) is 18.1. The van der Waals surface area contributed by atoms with E-state index in [2.05, 4.69) is 5.32 Å². The molecule has 21 heavy (non-hydrogen) atoms. The van der Waals surface area contributed by atoms with Gasteiger partial charge in [0.2, 0.25) is 0 Å². The van der Waals surface area contributed by atoms with E-state index in [1.807, 2.05) is 0 Å². The minimum atomic E-state index is -1.06. The van der Waals surface area contributed by atoms with Gasteiger partial charge in [-0.05, 0) is 40.0 Å². The Morgan fingerprint density at radius 3 is 2.67 bits per heavy atom. The summed E-state index contributed by atoms with van der Waals surface area (Å²) in [5.41, 5.74) is -0.643. The average molecular weight is 319 g/mol. The maximum atomic E-state index is 11.6. The van der Waals surface area contributed by atoms with Gasteiger partial charge >= 0.3 is 12.1 Å². The van der Waals surface area contributed by atoms with E-state index in [9.17, 15) is 9.59 Å². The van der Waals surface area contributed by atoms with Crippen LogP contribution in [0.2, 0.25) is 0 Å². The number of carbonyl (C=O) groups excluding carboxylic acids is 1. The molecular formula is C14H25NO5S. The van der Waals surface area contributed by atoms with Crippen LogP contribution >= 0.6 is 11.8 Å². The summed E-state index contributed by atoms with van der Waals surface area (Å²) < 4.78 is 10.7. The number of amides is 1. The molecule has 0 spiro atoms. The van der Waals surface area contributed by atoms with E-state index in [-0.39, 0.29) is 6.10 Å². The number of rotatable bonds is 6. The topological polar surface area (TPSA) is 84.9 Å². The lowest BCUT2D eigenvalue weighted by atomic mass is 10.1.